The Hall–Kier alpha value is -2.75. The van der Waals surface area contributed by atoms with E-state index in [1.54, 1.807) is 25.3 Å². The lowest BCUT2D eigenvalue weighted by Crippen LogP contribution is -2.28. The molecule has 164 valence electrons. The fraction of sp³-hybridized carbons (Fsp3) is 0.273. The SMILES string of the molecule is COc1ccc(-c2nc(NC(=O)CCNS(=O)(=O)c3ccc(C)c(C)c3)sc2C)cc1. The number of nitrogens with zero attached hydrogens (tertiary/aromatic N) is 1. The van der Waals surface area contributed by atoms with Crippen LogP contribution < -0.4 is 14.8 Å². The van der Waals surface area contributed by atoms with Crippen LogP contribution in [0.4, 0.5) is 5.13 Å². The predicted molar refractivity (Wildman–Crippen MR) is 123 cm³/mol. The fourth-order valence-corrected chi connectivity index (χ4v) is 4.88. The zero-order valence-electron chi connectivity index (χ0n) is 17.9. The molecular formula is C22H25N3O4S2. The largest absolute Gasteiger partial charge is 0.497 e. The van der Waals surface area contributed by atoms with Gasteiger partial charge >= 0.3 is 0 Å². The number of sulfonamides is 1. The molecule has 0 saturated heterocycles. The lowest BCUT2D eigenvalue weighted by atomic mass is 10.1. The van der Waals surface area contributed by atoms with E-state index in [2.05, 4.69) is 15.0 Å². The molecular weight excluding hydrogens is 434 g/mol. The van der Waals surface area contributed by atoms with Gasteiger partial charge in [-0.05, 0) is 68.3 Å². The second kappa shape index (κ2) is 9.59. The van der Waals surface area contributed by atoms with Gasteiger partial charge < -0.3 is 10.1 Å². The number of aryl methyl sites for hydroxylation is 3. The Morgan fingerprint density at radius 3 is 2.42 bits per heavy atom. The monoisotopic (exact) mass is 459 g/mol. The van der Waals surface area contributed by atoms with E-state index in [1.807, 2.05) is 45.0 Å². The van der Waals surface area contributed by atoms with Gasteiger partial charge in [0.1, 0.15) is 5.75 Å². The van der Waals surface area contributed by atoms with Gasteiger partial charge in [0, 0.05) is 23.4 Å². The number of amides is 1. The predicted octanol–water partition coefficient (Wildman–Crippen LogP) is 4.05. The van der Waals surface area contributed by atoms with Crippen LogP contribution in [0.15, 0.2) is 47.4 Å². The molecule has 0 bridgehead atoms. The average molecular weight is 460 g/mol. The third-order valence-electron chi connectivity index (χ3n) is 4.84. The number of aromatic nitrogens is 1. The van der Waals surface area contributed by atoms with Crippen LogP contribution in [-0.4, -0.2) is 33.0 Å². The third kappa shape index (κ3) is 5.69. The fourth-order valence-electron chi connectivity index (χ4n) is 2.91. The number of thiazole rings is 1. The van der Waals surface area contributed by atoms with E-state index in [4.69, 9.17) is 4.74 Å². The summed E-state index contributed by atoms with van der Waals surface area (Å²) in [5, 5.41) is 3.22. The number of methoxy groups -OCH3 is 1. The standard InChI is InChI=1S/C22H25N3O4S2/c1-14-5-10-19(13-15(14)2)31(27,28)23-12-11-20(26)24-22-25-21(16(3)30-22)17-6-8-18(29-4)9-7-17/h5-10,13,23H,11-12H2,1-4H3,(H,24,25,26). The molecule has 2 aromatic carbocycles. The smallest absolute Gasteiger partial charge is 0.240 e. The Labute approximate surface area is 186 Å². The summed E-state index contributed by atoms with van der Waals surface area (Å²) in [7, 11) is -2.06. The Kier molecular flexibility index (Phi) is 7.09. The first-order valence-electron chi connectivity index (χ1n) is 9.68. The van der Waals surface area contributed by atoms with Crippen molar-refractivity contribution in [1.82, 2.24) is 9.71 Å². The van der Waals surface area contributed by atoms with Crippen LogP contribution in [0, 0.1) is 20.8 Å². The highest BCUT2D eigenvalue weighted by molar-refractivity contribution is 7.89. The molecule has 0 radical (unpaired) electrons. The van der Waals surface area contributed by atoms with Crippen molar-refractivity contribution in [3.05, 3.63) is 58.5 Å². The molecule has 9 heteroatoms. The van der Waals surface area contributed by atoms with Gasteiger partial charge in [0.2, 0.25) is 15.9 Å². The van der Waals surface area contributed by atoms with E-state index in [-0.39, 0.29) is 23.8 Å². The van der Waals surface area contributed by atoms with E-state index in [9.17, 15) is 13.2 Å². The molecule has 3 aromatic rings. The number of ether oxygens (including phenoxy) is 1. The van der Waals surface area contributed by atoms with Gasteiger partial charge in [-0.1, -0.05) is 6.07 Å². The highest BCUT2D eigenvalue weighted by atomic mass is 32.2. The normalized spacial score (nSPS) is 11.4. The molecule has 0 fully saturated rings. The summed E-state index contributed by atoms with van der Waals surface area (Å²) in [6.45, 7) is 5.71. The molecule has 2 N–H and O–H groups in total. The van der Waals surface area contributed by atoms with Crippen LogP contribution in [0.5, 0.6) is 5.75 Å². The summed E-state index contributed by atoms with van der Waals surface area (Å²) in [6, 6.07) is 12.5. The lowest BCUT2D eigenvalue weighted by molar-refractivity contribution is -0.116. The quantitative estimate of drug-likeness (QED) is 0.530. The molecule has 7 nitrogen and oxygen atoms in total. The first-order chi connectivity index (χ1) is 14.7. The number of rotatable bonds is 8. The number of benzene rings is 2. The van der Waals surface area contributed by atoms with E-state index in [0.717, 1.165) is 33.0 Å². The molecule has 1 amide bonds. The van der Waals surface area contributed by atoms with Gasteiger partial charge in [0.15, 0.2) is 5.13 Å². The average Bonchev–Trinajstić information content (AvgIpc) is 3.09. The van der Waals surface area contributed by atoms with Gasteiger partial charge in [-0.3, -0.25) is 4.79 Å². The topological polar surface area (TPSA) is 97.4 Å². The van der Waals surface area contributed by atoms with Crippen LogP contribution in [0.2, 0.25) is 0 Å². The zero-order valence-corrected chi connectivity index (χ0v) is 19.5. The van der Waals surface area contributed by atoms with E-state index in [1.165, 1.54) is 11.3 Å². The van der Waals surface area contributed by atoms with Crippen molar-refractivity contribution in [2.45, 2.75) is 32.1 Å². The molecule has 0 atom stereocenters. The number of hydrogen-bond acceptors (Lipinski definition) is 6. The van der Waals surface area contributed by atoms with Crippen molar-refractivity contribution in [3.63, 3.8) is 0 Å². The van der Waals surface area contributed by atoms with Crippen molar-refractivity contribution >= 4 is 32.4 Å². The van der Waals surface area contributed by atoms with Crippen molar-refractivity contribution in [3.8, 4) is 17.0 Å². The molecule has 0 unspecified atom stereocenters. The first kappa shape index (κ1) is 22.9. The molecule has 31 heavy (non-hydrogen) atoms. The van der Waals surface area contributed by atoms with Crippen LogP contribution in [0.1, 0.15) is 22.4 Å². The molecule has 0 spiro atoms. The maximum atomic E-state index is 12.4. The first-order valence-corrected chi connectivity index (χ1v) is 12.0. The number of anilines is 1. The molecule has 3 rings (SSSR count). The van der Waals surface area contributed by atoms with Crippen molar-refractivity contribution in [1.29, 1.82) is 0 Å². The number of nitrogens with one attached hydrogen (secondary N) is 2. The lowest BCUT2D eigenvalue weighted by Gasteiger charge is -2.08. The van der Waals surface area contributed by atoms with Crippen LogP contribution in [-0.2, 0) is 14.8 Å². The number of carbonyl (C=O) groups excluding carboxylic acids is 1. The van der Waals surface area contributed by atoms with E-state index >= 15 is 0 Å². The van der Waals surface area contributed by atoms with Crippen molar-refractivity contribution in [2.24, 2.45) is 0 Å². The minimum absolute atomic E-state index is 0.000566. The summed E-state index contributed by atoms with van der Waals surface area (Å²) in [5.41, 5.74) is 3.63. The summed E-state index contributed by atoms with van der Waals surface area (Å²) in [4.78, 5) is 17.9. The van der Waals surface area contributed by atoms with Gasteiger partial charge in [-0.15, -0.1) is 11.3 Å². The Bertz CT molecular complexity index is 1190. The Morgan fingerprint density at radius 1 is 1.06 bits per heavy atom. The minimum Gasteiger partial charge on any atom is -0.497 e. The molecule has 0 aliphatic rings. The molecule has 1 heterocycles. The van der Waals surface area contributed by atoms with Crippen molar-refractivity contribution in [2.75, 3.05) is 19.0 Å². The van der Waals surface area contributed by atoms with E-state index < -0.39 is 10.0 Å². The zero-order chi connectivity index (χ0) is 22.6. The highest BCUT2D eigenvalue weighted by Crippen LogP contribution is 2.31. The molecule has 0 saturated carbocycles. The second-order valence-electron chi connectivity index (χ2n) is 7.09. The van der Waals surface area contributed by atoms with Gasteiger partial charge in [0.25, 0.3) is 0 Å². The maximum absolute atomic E-state index is 12.4. The van der Waals surface area contributed by atoms with Crippen LogP contribution >= 0.6 is 11.3 Å². The van der Waals surface area contributed by atoms with Crippen LogP contribution in [0.3, 0.4) is 0 Å². The maximum Gasteiger partial charge on any atom is 0.240 e. The number of carbonyl (C=O) groups is 1. The molecule has 0 aliphatic heterocycles. The summed E-state index contributed by atoms with van der Waals surface area (Å²) >= 11 is 1.37. The van der Waals surface area contributed by atoms with Gasteiger partial charge in [-0.2, -0.15) is 0 Å². The third-order valence-corrected chi connectivity index (χ3v) is 7.18. The van der Waals surface area contributed by atoms with E-state index in [0.29, 0.717) is 5.13 Å². The van der Waals surface area contributed by atoms with Gasteiger partial charge in [0.05, 0.1) is 17.7 Å². The van der Waals surface area contributed by atoms with Gasteiger partial charge in [-0.25, -0.2) is 18.1 Å². The Balaban J connectivity index is 1.58. The molecule has 0 aliphatic carbocycles. The number of hydrogen-bond donors (Lipinski definition) is 2. The second-order valence-corrected chi connectivity index (χ2v) is 10.1. The van der Waals surface area contributed by atoms with Crippen LogP contribution in [0.25, 0.3) is 11.3 Å². The van der Waals surface area contributed by atoms with Crippen molar-refractivity contribution < 1.29 is 17.9 Å². The molecule has 1 aromatic heterocycles. The Morgan fingerprint density at radius 2 is 1.77 bits per heavy atom. The minimum atomic E-state index is -3.67. The summed E-state index contributed by atoms with van der Waals surface area (Å²) < 4.78 is 32.5. The summed E-state index contributed by atoms with van der Waals surface area (Å²) in [6.07, 6.45) is 0.000566. The summed E-state index contributed by atoms with van der Waals surface area (Å²) in [5.74, 6) is 0.450. The highest BCUT2D eigenvalue weighted by Gasteiger charge is 2.16.